The van der Waals surface area contributed by atoms with Crippen LogP contribution in [-0.4, -0.2) is 55.5 Å². The number of piperazine rings is 1. The Hall–Kier alpha value is -0.620. The molecular weight excluding hydrogens is 204 g/mol. The Morgan fingerprint density at radius 3 is 2.29 bits per heavy atom. The third-order valence-corrected chi connectivity index (χ3v) is 3.73. The van der Waals surface area contributed by atoms with Gasteiger partial charge in [-0.15, -0.1) is 0 Å². The molecule has 1 aliphatic heterocycles. The molecule has 1 unspecified atom stereocenters. The molecule has 1 fully saturated rings. The quantitative estimate of drug-likeness (QED) is 0.598. The van der Waals surface area contributed by atoms with Gasteiger partial charge in [0.25, 0.3) is 0 Å². The smallest absolute Gasteiger partial charge is 0.219 e. The maximum Gasteiger partial charge on any atom is 0.219 e. The normalized spacial score (nSPS) is 25.1. The summed E-state index contributed by atoms with van der Waals surface area (Å²) in [5.74, 6) is 0.00523. The van der Waals surface area contributed by atoms with Crippen LogP contribution >= 0.6 is 0 Å². The van der Waals surface area contributed by atoms with Crippen molar-refractivity contribution in [1.82, 2.24) is 9.21 Å². The molecule has 0 bridgehead atoms. The summed E-state index contributed by atoms with van der Waals surface area (Å²) in [6.07, 6.45) is 1.20. The van der Waals surface area contributed by atoms with E-state index in [2.05, 4.69) is 0 Å². The molecule has 1 amide bonds. The van der Waals surface area contributed by atoms with Gasteiger partial charge >= 0.3 is 0 Å². The summed E-state index contributed by atoms with van der Waals surface area (Å²) in [6, 6.07) is -0.0315. The van der Waals surface area contributed by atoms with Crippen molar-refractivity contribution in [3.05, 3.63) is 0 Å². The van der Waals surface area contributed by atoms with Crippen LogP contribution in [0.1, 0.15) is 13.8 Å². The second kappa shape index (κ2) is 3.86. The molecule has 0 spiro atoms. The summed E-state index contributed by atoms with van der Waals surface area (Å²) in [7, 11) is -3.11. The molecule has 0 aromatic rings. The van der Waals surface area contributed by atoms with E-state index in [0.29, 0.717) is 19.6 Å². The van der Waals surface area contributed by atoms with Crippen molar-refractivity contribution in [3.8, 4) is 0 Å². The van der Waals surface area contributed by atoms with E-state index in [4.69, 9.17) is 0 Å². The first-order chi connectivity index (χ1) is 6.32. The van der Waals surface area contributed by atoms with Crippen molar-refractivity contribution in [2.24, 2.45) is 0 Å². The van der Waals surface area contributed by atoms with Gasteiger partial charge in [0.1, 0.15) is 0 Å². The fourth-order valence-corrected chi connectivity index (χ4v) is 2.59. The van der Waals surface area contributed by atoms with Gasteiger partial charge in [-0.3, -0.25) is 4.79 Å². The zero-order valence-corrected chi connectivity index (χ0v) is 9.54. The van der Waals surface area contributed by atoms with Crippen LogP contribution in [0.5, 0.6) is 0 Å². The standard InChI is InChI=1S/C8H16N2O3S/c1-7-6-9(14(3,12)13)4-5-10(7)8(2)11/h7H,4-6H2,1-3H3. The first-order valence-corrected chi connectivity index (χ1v) is 6.39. The lowest BCUT2D eigenvalue weighted by Gasteiger charge is -2.38. The predicted molar refractivity (Wildman–Crippen MR) is 53.3 cm³/mol. The molecule has 1 saturated heterocycles. The third-order valence-electron chi connectivity index (χ3n) is 2.46. The summed E-state index contributed by atoms with van der Waals surface area (Å²) in [5.41, 5.74) is 0. The molecular formula is C8H16N2O3S. The largest absolute Gasteiger partial charge is 0.338 e. The zero-order valence-electron chi connectivity index (χ0n) is 8.73. The van der Waals surface area contributed by atoms with Crippen LogP contribution in [0.2, 0.25) is 0 Å². The Kier molecular flexibility index (Phi) is 3.16. The van der Waals surface area contributed by atoms with E-state index in [-0.39, 0.29) is 11.9 Å². The Balaban J connectivity index is 2.69. The number of carbonyl (C=O) groups is 1. The number of nitrogens with zero attached hydrogens (tertiary/aromatic N) is 2. The Morgan fingerprint density at radius 1 is 1.36 bits per heavy atom. The number of hydrogen-bond donors (Lipinski definition) is 0. The average Bonchev–Trinajstić information content (AvgIpc) is 2.01. The van der Waals surface area contributed by atoms with E-state index >= 15 is 0 Å². The summed E-state index contributed by atoms with van der Waals surface area (Å²) in [5, 5.41) is 0. The molecule has 1 aliphatic rings. The van der Waals surface area contributed by atoms with Crippen LogP contribution < -0.4 is 0 Å². The number of hydrogen-bond acceptors (Lipinski definition) is 3. The maximum absolute atomic E-state index is 11.2. The van der Waals surface area contributed by atoms with Crippen LogP contribution in [0.3, 0.4) is 0 Å². The molecule has 1 heterocycles. The van der Waals surface area contributed by atoms with Crippen molar-refractivity contribution in [1.29, 1.82) is 0 Å². The van der Waals surface area contributed by atoms with Crippen LogP contribution in [0.25, 0.3) is 0 Å². The Labute approximate surface area is 84.7 Å². The van der Waals surface area contributed by atoms with E-state index in [1.807, 2.05) is 6.92 Å². The van der Waals surface area contributed by atoms with Crippen LogP contribution in [0, 0.1) is 0 Å². The highest BCUT2D eigenvalue weighted by molar-refractivity contribution is 7.88. The highest BCUT2D eigenvalue weighted by Gasteiger charge is 2.29. The van der Waals surface area contributed by atoms with Gasteiger partial charge in [0.05, 0.1) is 6.26 Å². The molecule has 14 heavy (non-hydrogen) atoms. The lowest BCUT2D eigenvalue weighted by molar-refractivity contribution is -0.132. The molecule has 0 aromatic carbocycles. The molecule has 82 valence electrons. The molecule has 1 rings (SSSR count). The minimum absolute atomic E-state index is 0.00523. The van der Waals surface area contributed by atoms with Crippen LogP contribution in [0.4, 0.5) is 0 Å². The van der Waals surface area contributed by atoms with Crippen LogP contribution in [0.15, 0.2) is 0 Å². The highest BCUT2D eigenvalue weighted by Crippen LogP contribution is 2.11. The van der Waals surface area contributed by atoms with Gasteiger partial charge in [-0.05, 0) is 6.92 Å². The van der Waals surface area contributed by atoms with Gasteiger partial charge in [0.15, 0.2) is 0 Å². The Morgan fingerprint density at radius 2 is 1.93 bits per heavy atom. The maximum atomic E-state index is 11.2. The topological polar surface area (TPSA) is 57.7 Å². The number of sulfonamides is 1. The van der Waals surface area contributed by atoms with E-state index in [1.165, 1.54) is 17.5 Å². The van der Waals surface area contributed by atoms with Gasteiger partial charge < -0.3 is 4.90 Å². The van der Waals surface area contributed by atoms with Crippen molar-refractivity contribution in [3.63, 3.8) is 0 Å². The van der Waals surface area contributed by atoms with Crippen molar-refractivity contribution < 1.29 is 13.2 Å². The van der Waals surface area contributed by atoms with E-state index in [1.54, 1.807) is 4.90 Å². The van der Waals surface area contributed by atoms with Gasteiger partial charge in [-0.25, -0.2) is 8.42 Å². The molecule has 0 radical (unpaired) electrons. The SMILES string of the molecule is CC(=O)N1CCN(S(C)(=O)=O)CC1C. The van der Waals surface area contributed by atoms with Gasteiger partial charge in [-0.1, -0.05) is 0 Å². The van der Waals surface area contributed by atoms with E-state index in [0.717, 1.165) is 0 Å². The molecule has 0 aromatic heterocycles. The molecule has 6 heteroatoms. The lowest BCUT2D eigenvalue weighted by atomic mass is 10.2. The first kappa shape index (κ1) is 11.5. The second-order valence-corrected chi connectivity index (χ2v) is 5.66. The van der Waals surface area contributed by atoms with Gasteiger partial charge in [0, 0.05) is 32.6 Å². The highest BCUT2D eigenvalue weighted by atomic mass is 32.2. The summed E-state index contributed by atoms with van der Waals surface area (Å²) < 4.78 is 23.9. The van der Waals surface area contributed by atoms with Crippen molar-refractivity contribution in [2.45, 2.75) is 19.9 Å². The molecule has 0 aliphatic carbocycles. The minimum atomic E-state index is -3.11. The van der Waals surface area contributed by atoms with Gasteiger partial charge in [-0.2, -0.15) is 4.31 Å². The monoisotopic (exact) mass is 220 g/mol. The zero-order chi connectivity index (χ0) is 10.9. The fourth-order valence-electron chi connectivity index (χ4n) is 1.69. The second-order valence-electron chi connectivity index (χ2n) is 3.68. The molecule has 1 atom stereocenters. The number of carbonyl (C=O) groups excluding carboxylic acids is 1. The lowest BCUT2D eigenvalue weighted by Crippen LogP contribution is -2.54. The summed E-state index contributed by atoms with van der Waals surface area (Å²) >= 11 is 0. The Bertz CT molecular complexity index is 325. The fraction of sp³-hybridized carbons (Fsp3) is 0.875. The number of rotatable bonds is 1. The van der Waals surface area contributed by atoms with E-state index < -0.39 is 10.0 Å². The van der Waals surface area contributed by atoms with Gasteiger partial charge in [0.2, 0.25) is 15.9 Å². The minimum Gasteiger partial charge on any atom is -0.338 e. The first-order valence-electron chi connectivity index (χ1n) is 4.54. The third kappa shape index (κ3) is 2.45. The predicted octanol–water partition coefficient (Wildman–Crippen LogP) is -0.501. The van der Waals surface area contributed by atoms with E-state index in [9.17, 15) is 13.2 Å². The molecule has 0 saturated carbocycles. The number of amides is 1. The summed E-state index contributed by atoms with van der Waals surface area (Å²) in [6.45, 7) is 4.66. The average molecular weight is 220 g/mol. The summed E-state index contributed by atoms with van der Waals surface area (Å²) in [4.78, 5) is 12.8. The van der Waals surface area contributed by atoms with Crippen molar-refractivity contribution in [2.75, 3.05) is 25.9 Å². The van der Waals surface area contributed by atoms with Crippen molar-refractivity contribution >= 4 is 15.9 Å². The molecule has 5 nitrogen and oxygen atoms in total. The van der Waals surface area contributed by atoms with Crippen LogP contribution in [-0.2, 0) is 14.8 Å². The molecule has 0 N–H and O–H groups in total.